The molecule has 0 spiro atoms. The predicted molar refractivity (Wildman–Crippen MR) is 79.0 cm³/mol. The Morgan fingerprint density at radius 1 is 1.36 bits per heavy atom. The molecule has 8 heteroatoms. The van der Waals surface area contributed by atoms with Crippen LogP contribution in [-0.4, -0.2) is 16.1 Å². The second-order valence-electron chi connectivity index (χ2n) is 5.25. The van der Waals surface area contributed by atoms with Crippen LogP contribution in [0.1, 0.15) is 18.9 Å². The molecule has 22 heavy (non-hydrogen) atoms. The highest BCUT2D eigenvalue weighted by Gasteiger charge is 2.31. The second kappa shape index (κ2) is 4.39. The average Bonchev–Trinajstić information content (AvgIpc) is 3.25. The van der Waals surface area contributed by atoms with E-state index < -0.39 is 22.6 Å². The highest BCUT2D eigenvalue weighted by Crippen LogP contribution is 2.42. The van der Waals surface area contributed by atoms with Gasteiger partial charge in [0.2, 0.25) is 11.2 Å². The molecule has 1 saturated carbocycles. The minimum Gasteiger partial charge on any atom is -0.491 e. The molecule has 4 rings (SSSR count). The summed E-state index contributed by atoms with van der Waals surface area (Å²) >= 11 is 1.02. The second-order valence-corrected chi connectivity index (χ2v) is 6.04. The highest BCUT2D eigenvalue weighted by molar-refractivity contribution is 7.12. The Hall–Kier alpha value is -2.22. The van der Waals surface area contributed by atoms with Gasteiger partial charge in [0.25, 0.3) is 5.56 Å². The number of methoxy groups -OCH3 is 1. The van der Waals surface area contributed by atoms with Gasteiger partial charge in [0.05, 0.1) is 18.0 Å². The van der Waals surface area contributed by atoms with Gasteiger partial charge in [0.15, 0.2) is 11.6 Å². The fourth-order valence-corrected chi connectivity index (χ4v) is 3.69. The van der Waals surface area contributed by atoms with Gasteiger partial charge in [-0.1, -0.05) is 0 Å². The number of benzene rings is 1. The van der Waals surface area contributed by atoms with Gasteiger partial charge < -0.3 is 9.30 Å². The number of ether oxygens (including phenoxy) is 1. The average molecular weight is 324 g/mol. The molecule has 0 aliphatic heterocycles. The van der Waals surface area contributed by atoms with Gasteiger partial charge in [0, 0.05) is 6.04 Å². The van der Waals surface area contributed by atoms with E-state index in [0.29, 0.717) is 4.83 Å². The zero-order valence-corrected chi connectivity index (χ0v) is 12.2. The molecule has 1 N–H and O–H groups in total. The van der Waals surface area contributed by atoms with Crippen molar-refractivity contribution in [3.8, 4) is 5.75 Å². The SMILES string of the molecule is COc1c(F)c(F)cc2c(=O)c3c(=O)[nH]sc3n(C3CC3)c12. The number of H-pyrrole nitrogens is 1. The number of nitrogens with one attached hydrogen (secondary N) is 1. The fraction of sp³-hybridized carbons (Fsp3) is 0.286. The van der Waals surface area contributed by atoms with E-state index in [-0.39, 0.29) is 28.1 Å². The molecule has 1 aliphatic rings. The normalized spacial score (nSPS) is 14.9. The van der Waals surface area contributed by atoms with E-state index in [1.165, 1.54) is 7.11 Å². The number of aromatic nitrogens is 2. The standard InChI is InChI=1S/C14H10F2N2O3S/c1-21-12-9(16)7(15)4-6-10(12)18(5-2-3-5)14-8(11(6)19)13(20)17-22-14/h4-5H,2-3H2,1H3,(H,17,20). The van der Waals surface area contributed by atoms with Crippen molar-refractivity contribution in [2.24, 2.45) is 0 Å². The summed E-state index contributed by atoms with van der Waals surface area (Å²) in [6.45, 7) is 0. The Bertz CT molecular complexity index is 1050. The fourth-order valence-electron chi connectivity index (χ4n) is 2.77. The summed E-state index contributed by atoms with van der Waals surface area (Å²) < 4.78 is 37.1. The van der Waals surface area contributed by atoms with Crippen LogP contribution in [0.2, 0.25) is 0 Å². The quantitative estimate of drug-likeness (QED) is 0.788. The lowest BCUT2D eigenvalue weighted by atomic mass is 10.1. The maximum atomic E-state index is 14.1. The van der Waals surface area contributed by atoms with E-state index >= 15 is 0 Å². The number of aromatic amines is 1. The molecule has 1 aliphatic carbocycles. The van der Waals surface area contributed by atoms with Gasteiger partial charge in [-0.15, -0.1) is 0 Å². The molecule has 114 valence electrons. The monoisotopic (exact) mass is 324 g/mol. The lowest BCUT2D eigenvalue weighted by molar-refractivity contribution is 0.375. The lowest BCUT2D eigenvalue weighted by Crippen LogP contribution is -2.16. The highest BCUT2D eigenvalue weighted by atomic mass is 32.1. The number of rotatable bonds is 2. The zero-order chi connectivity index (χ0) is 15.6. The van der Waals surface area contributed by atoms with Crippen LogP contribution in [0.4, 0.5) is 8.78 Å². The molecule has 0 amide bonds. The van der Waals surface area contributed by atoms with Gasteiger partial charge in [-0.3, -0.25) is 14.0 Å². The van der Waals surface area contributed by atoms with E-state index in [1.54, 1.807) is 4.57 Å². The largest absolute Gasteiger partial charge is 0.491 e. The maximum Gasteiger partial charge on any atom is 0.271 e. The Kier molecular flexibility index (Phi) is 2.68. The Morgan fingerprint density at radius 3 is 2.73 bits per heavy atom. The van der Waals surface area contributed by atoms with Gasteiger partial charge in [-0.2, -0.15) is 4.39 Å². The molecule has 2 heterocycles. The van der Waals surface area contributed by atoms with Gasteiger partial charge in [0.1, 0.15) is 10.2 Å². The number of fused-ring (bicyclic) bond motifs is 2. The van der Waals surface area contributed by atoms with Crippen molar-refractivity contribution in [3.05, 3.63) is 38.3 Å². The van der Waals surface area contributed by atoms with Gasteiger partial charge in [-0.25, -0.2) is 4.39 Å². The van der Waals surface area contributed by atoms with Crippen LogP contribution < -0.4 is 15.7 Å². The summed E-state index contributed by atoms with van der Waals surface area (Å²) in [4.78, 5) is 24.9. The Balaban J connectivity index is 2.37. The van der Waals surface area contributed by atoms with Crippen LogP contribution in [0.3, 0.4) is 0 Å². The van der Waals surface area contributed by atoms with Gasteiger partial charge in [-0.05, 0) is 30.4 Å². The molecular weight excluding hydrogens is 314 g/mol. The lowest BCUT2D eigenvalue weighted by Gasteiger charge is -2.15. The van der Waals surface area contributed by atoms with Crippen LogP contribution in [0.15, 0.2) is 15.7 Å². The van der Waals surface area contributed by atoms with E-state index in [9.17, 15) is 18.4 Å². The summed E-state index contributed by atoms with van der Waals surface area (Å²) in [7, 11) is 1.22. The van der Waals surface area contributed by atoms with Crippen LogP contribution in [0, 0.1) is 11.6 Å². The van der Waals surface area contributed by atoms with Crippen molar-refractivity contribution >= 4 is 32.7 Å². The molecule has 1 fully saturated rings. The summed E-state index contributed by atoms with van der Waals surface area (Å²) in [5, 5.41) is -0.0588. The van der Waals surface area contributed by atoms with E-state index in [4.69, 9.17) is 4.74 Å². The molecule has 1 aromatic carbocycles. The first-order chi connectivity index (χ1) is 10.5. The third-order valence-electron chi connectivity index (χ3n) is 3.88. The molecule has 2 aromatic heterocycles. The molecule has 0 atom stereocenters. The molecule has 0 radical (unpaired) electrons. The summed E-state index contributed by atoms with van der Waals surface area (Å²) in [5.41, 5.74) is -0.914. The van der Waals surface area contributed by atoms with E-state index in [1.807, 2.05) is 0 Å². The third-order valence-corrected chi connectivity index (χ3v) is 4.76. The van der Waals surface area contributed by atoms with E-state index in [0.717, 1.165) is 30.4 Å². The number of nitrogens with zero attached hydrogens (tertiary/aromatic N) is 1. The molecule has 0 saturated heterocycles. The van der Waals surface area contributed by atoms with Crippen molar-refractivity contribution in [2.75, 3.05) is 7.11 Å². The molecule has 0 bridgehead atoms. The maximum absolute atomic E-state index is 14.1. The third kappa shape index (κ3) is 1.61. The summed E-state index contributed by atoms with van der Waals surface area (Å²) in [5.74, 6) is -2.61. The van der Waals surface area contributed by atoms with Crippen LogP contribution in [0.5, 0.6) is 5.75 Å². The predicted octanol–water partition coefficient (Wildman–Crippen LogP) is 2.53. The number of hydrogen-bond acceptors (Lipinski definition) is 4. The molecule has 0 unspecified atom stereocenters. The smallest absolute Gasteiger partial charge is 0.271 e. The molecular formula is C14H10F2N2O3S. The van der Waals surface area contributed by atoms with Crippen LogP contribution >= 0.6 is 11.5 Å². The Labute approximate surface area is 125 Å². The summed E-state index contributed by atoms with van der Waals surface area (Å²) in [6.07, 6.45) is 1.70. The van der Waals surface area contributed by atoms with Crippen molar-refractivity contribution in [1.82, 2.24) is 8.94 Å². The van der Waals surface area contributed by atoms with Crippen molar-refractivity contribution in [1.29, 1.82) is 0 Å². The summed E-state index contributed by atoms with van der Waals surface area (Å²) in [6, 6.07) is 0.890. The van der Waals surface area contributed by atoms with Crippen molar-refractivity contribution in [3.63, 3.8) is 0 Å². The number of pyridine rings is 1. The van der Waals surface area contributed by atoms with Gasteiger partial charge >= 0.3 is 0 Å². The minimum atomic E-state index is -1.17. The van der Waals surface area contributed by atoms with Crippen LogP contribution in [0.25, 0.3) is 21.1 Å². The number of halogens is 2. The zero-order valence-electron chi connectivity index (χ0n) is 11.4. The van der Waals surface area contributed by atoms with Crippen molar-refractivity contribution < 1.29 is 13.5 Å². The first-order valence-electron chi connectivity index (χ1n) is 6.66. The first-order valence-corrected chi connectivity index (χ1v) is 7.47. The first kappa shape index (κ1) is 13.4. The Morgan fingerprint density at radius 2 is 2.09 bits per heavy atom. The van der Waals surface area contributed by atoms with Crippen LogP contribution in [-0.2, 0) is 0 Å². The topological polar surface area (TPSA) is 64.1 Å². The molecule has 5 nitrogen and oxygen atoms in total. The van der Waals surface area contributed by atoms with Crippen molar-refractivity contribution in [2.45, 2.75) is 18.9 Å². The molecule has 3 aromatic rings. The minimum absolute atomic E-state index is 0.0162. The number of hydrogen-bond donors (Lipinski definition) is 1. The van der Waals surface area contributed by atoms with E-state index in [2.05, 4.69) is 4.37 Å².